The number of fused-ring (bicyclic) bond motifs is 1. The minimum absolute atomic E-state index is 0. The van der Waals surface area contributed by atoms with Crippen LogP contribution in [0.3, 0.4) is 0 Å². The summed E-state index contributed by atoms with van der Waals surface area (Å²) in [5, 5.41) is 13.1. The molecule has 6 nitrogen and oxygen atoms in total. The van der Waals surface area contributed by atoms with Gasteiger partial charge in [-0.05, 0) is 62.8 Å². The second-order valence-electron chi connectivity index (χ2n) is 6.78. The van der Waals surface area contributed by atoms with Crippen LogP contribution in [0.15, 0.2) is 29.1 Å². The highest BCUT2D eigenvalue weighted by Gasteiger charge is 2.22. The van der Waals surface area contributed by atoms with E-state index >= 15 is 0 Å². The van der Waals surface area contributed by atoms with E-state index in [1.54, 1.807) is 0 Å². The molecule has 1 aliphatic carbocycles. The molecule has 0 saturated carbocycles. The fourth-order valence-corrected chi connectivity index (χ4v) is 3.78. The van der Waals surface area contributed by atoms with E-state index in [0.29, 0.717) is 0 Å². The van der Waals surface area contributed by atoms with Gasteiger partial charge in [-0.3, -0.25) is 9.59 Å². The fraction of sp³-hybridized carbons (Fsp3) is 0.421. The highest BCUT2D eigenvalue weighted by atomic mass is 35.5. The normalized spacial score (nSPS) is 18.7. The summed E-state index contributed by atoms with van der Waals surface area (Å²) >= 11 is 0. The molecule has 26 heavy (non-hydrogen) atoms. The van der Waals surface area contributed by atoms with Gasteiger partial charge in [0, 0.05) is 16.8 Å². The van der Waals surface area contributed by atoms with Gasteiger partial charge in [-0.2, -0.15) is 5.10 Å². The number of H-pyrrole nitrogens is 1. The van der Waals surface area contributed by atoms with Crippen molar-refractivity contribution >= 4 is 24.0 Å². The quantitative estimate of drug-likeness (QED) is 0.770. The number of benzene rings is 1. The number of aromatic amines is 1. The molecule has 3 N–H and O–H groups in total. The van der Waals surface area contributed by atoms with Gasteiger partial charge in [0.15, 0.2) is 0 Å². The van der Waals surface area contributed by atoms with Crippen molar-refractivity contribution in [3.05, 3.63) is 45.7 Å². The summed E-state index contributed by atoms with van der Waals surface area (Å²) in [4.78, 5) is 24.3. The molecule has 138 valence electrons. The highest BCUT2D eigenvalue weighted by Crippen LogP contribution is 2.29. The molecule has 1 amide bonds. The SMILES string of the molecule is Cl.O=C(Nc1cccc(-c2n[nH]c(=O)c3c2CCCC3)c1)C1CCCN1. The predicted octanol–water partition coefficient (Wildman–Crippen LogP) is 2.43. The van der Waals surface area contributed by atoms with Crippen LogP contribution in [-0.4, -0.2) is 28.7 Å². The first-order valence-electron chi connectivity index (χ1n) is 8.97. The molecule has 7 heteroatoms. The maximum Gasteiger partial charge on any atom is 0.267 e. The van der Waals surface area contributed by atoms with Crippen molar-refractivity contribution in [2.45, 2.75) is 44.6 Å². The largest absolute Gasteiger partial charge is 0.325 e. The smallest absolute Gasteiger partial charge is 0.267 e. The molecule has 1 aliphatic heterocycles. The number of rotatable bonds is 3. The van der Waals surface area contributed by atoms with E-state index in [1.165, 1.54) is 0 Å². The van der Waals surface area contributed by atoms with Crippen molar-refractivity contribution in [3.63, 3.8) is 0 Å². The van der Waals surface area contributed by atoms with E-state index < -0.39 is 0 Å². The fourth-order valence-electron chi connectivity index (χ4n) is 3.78. The van der Waals surface area contributed by atoms with Gasteiger partial charge in [-0.25, -0.2) is 5.10 Å². The Morgan fingerprint density at radius 3 is 2.73 bits per heavy atom. The van der Waals surface area contributed by atoms with Gasteiger partial charge in [0.25, 0.3) is 5.56 Å². The second kappa shape index (κ2) is 8.01. The molecule has 2 heterocycles. The number of halogens is 1. The van der Waals surface area contributed by atoms with E-state index in [9.17, 15) is 9.59 Å². The number of hydrogen-bond donors (Lipinski definition) is 3. The van der Waals surface area contributed by atoms with Crippen molar-refractivity contribution in [2.24, 2.45) is 0 Å². The molecule has 0 bridgehead atoms. The van der Waals surface area contributed by atoms with E-state index in [1.807, 2.05) is 24.3 Å². The van der Waals surface area contributed by atoms with Crippen LogP contribution in [-0.2, 0) is 17.6 Å². The zero-order valence-electron chi connectivity index (χ0n) is 14.5. The van der Waals surface area contributed by atoms with Crippen LogP contribution in [0.5, 0.6) is 0 Å². The summed E-state index contributed by atoms with van der Waals surface area (Å²) in [6.45, 7) is 0.894. The van der Waals surface area contributed by atoms with Crippen molar-refractivity contribution in [1.29, 1.82) is 0 Å². The standard InChI is InChI=1S/C19H22N4O2.ClH/c24-18-15-8-2-1-7-14(15)17(22-23-18)12-5-3-6-13(11-12)21-19(25)16-9-4-10-20-16;/h3,5-6,11,16,20H,1-2,4,7-10H2,(H,21,25)(H,23,24);1H. The number of nitrogens with one attached hydrogen (secondary N) is 3. The first-order chi connectivity index (χ1) is 12.2. The summed E-state index contributed by atoms with van der Waals surface area (Å²) in [6, 6.07) is 7.59. The lowest BCUT2D eigenvalue weighted by atomic mass is 9.90. The van der Waals surface area contributed by atoms with Crippen molar-refractivity contribution < 1.29 is 4.79 Å². The van der Waals surface area contributed by atoms with Gasteiger partial charge in [0.2, 0.25) is 5.91 Å². The minimum Gasteiger partial charge on any atom is -0.325 e. The van der Waals surface area contributed by atoms with Crippen LogP contribution in [0.2, 0.25) is 0 Å². The van der Waals surface area contributed by atoms with E-state index in [0.717, 1.165) is 73.1 Å². The molecule has 0 spiro atoms. The molecule has 1 aromatic heterocycles. The Morgan fingerprint density at radius 2 is 1.96 bits per heavy atom. The van der Waals surface area contributed by atoms with Crippen LogP contribution in [0, 0.1) is 0 Å². The Labute approximate surface area is 158 Å². The molecule has 1 unspecified atom stereocenters. The van der Waals surface area contributed by atoms with Gasteiger partial charge < -0.3 is 10.6 Å². The second-order valence-corrected chi connectivity index (χ2v) is 6.78. The number of anilines is 1. The zero-order chi connectivity index (χ0) is 17.2. The third kappa shape index (κ3) is 3.66. The average molecular weight is 375 g/mol. The Balaban J connectivity index is 0.00000196. The lowest BCUT2D eigenvalue weighted by Gasteiger charge is -2.18. The summed E-state index contributed by atoms with van der Waals surface area (Å²) in [5.41, 5.74) is 4.34. The number of carbonyl (C=O) groups excluding carboxylic acids is 1. The third-order valence-corrected chi connectivity index (χ3v) is 5.08. The van der Waals surface area contributed by atoms with Crippen LogP contribution in [0.1, 0.15) is 36.8 Å². The van der Waals surface area contributed by atoms with Gasteiger partial charge in [0.05, 0.1) is 11.7 Å². The van der Waals surface area contributed by atoms with Gasteiger partial charge in [-0.15, -0.1) is 12.4 Å². The lowest BCUT2D eigenvalue weighted by Crippen LogP contribution is -2.35. The number of amides is 1. The molecule has 1 saturated heterocycles. The average Bonchev–Trinajstić information content (AvgIpc) is 3.17. The molecule has 2 aliphatic rings. The van der Waals surface area contributed by atoms with Crippen LogP contribution in [0.4, 0.5) is 5.69 Å². The molecule has 2 aromatic rings. The minimum atomic E-state index is -0.109. The molecule has 4 rings (SSSR count). The van der Waals surface area contributed by atoms with E-state index in [4.69, 9.17) is 0 Å². The summed E-state index contributed by atoms with van der Waals surface area (Å²) < 4.78 is 0. The molecule has 1 aromatic carbocycles. The topological polar surface area (TPSA) is 86.9 Å². The first-order valence-corrected chi connectivity index (χ1v) is 8.97. The summed E-state index contributed by atoms with van der Waals surface area (Å²) in [6.07, 6.45) is 5.72. The Bertz CT molecular complexity index is 859. The number of hydrogen-bond acceptors (Lipinski definition) is 4. The van der Waals surface area contributed by atoms with Crippen LogP contribution >= 0.6 is 12.4 Å². The molecule has 1 fully saturated rings. The molecular formula is C19H23ClN4O2. The van der Waals surface area contributed by atoms with Gasteiger partial charge >= 0.3 is 0 Å². The van der Waals surface area contributed by atoms with E-state index in [2.05, 4.69) is 20.8 Å². The predicted molar refractivity (Wildman–Crippen MR) is 104 cm³/mol. The van der Waals surface area contributed by atoms with Gasteiger partial charge in [-0.1, -0.05) is 12.1 Å². The highest BCUT2D eigenvalue weighted by molar-refractivity contribution is 5.95. The maximum atomic E-state index is 12.3. The number of nitrogens with zero attached hydrogens (tertiary/aromatic N) is 1. The zero-order valence-corrected chi connectivity index (χ0v) is 15.3. The first kappa shape index (κ1) is 18.6. The van der Waals surface area contributed by atoms with Crippen molar-refractivity contribution in [2.75, 3.05) is 11.9 Å². The Hall–Kier alpha value is -2.18. The number of aromatic nitrogens is 2. The Kier molecular flexibility index (Phi) is 5.74. The van der Waals surface area contributed by atoms with Crippen molar-refractivity contribution in [3.8, 4) is 11.3 Å². The van der Waals surface area contributed by atoms with Gasteiger partial charge in [0.1, 0.15) is 0 Å². The number of carbonyl (C=O) groups is 1. The monoisotopic (exact) mass is 374 g/mol. The van der Waals surface area contributed by atoms with Crippen LogP contribution in [0.25, 0.3) is 11.3 Å². The summed E-state index contributed by atoms with van der Waals surface area (Å²) in [5.74, 6) is 0.00565. The third-order valence-electron chi connectivity index (χ3n) is 5.08. The van der Waals surface area contributed by atoms with Crippen LogP contribution < -0.4 is 16.2 Å². The lowest BCUT2D eigenvalue weighted by molar-refractivity contribution is -0.117. The summed E-state index contributed by atoms with van der Waals surface area (Å²) in [7, 11) is 0. The van der Waals surface area contributed by atoms with Crippen molar-refractivity contribution in [1.82, 2.24) is 15.5 Å². The molecule has 0 radical (unpaired) electrons. The molecular weight excluding hydrogens is 352 g/mol. The Morgan fingerprint density at radius 1 is 1.15 bits per heavy atom. The van der Waals surface area contributed by atoms with E-state index in [-0.39, 0.29) is 29.9 Å². The molecule has 1 atom stereocenters. The maximum absolute atomic E-state index is 12.3.